The fourth-order valence-electron chi connectivity index (χ4n) is 5.99. The molecule has 0 aliphatic carbocycles. The van der Waals surface area contributed by atoms with Gasteiger partial charge in [0.15, 0.2) is 0 Å². The van der Waals surface area contributed by atoms with Crippen LogP contribution in [0.4, 0.5) is 8.78 Å². The van der Waals surface area contributed by atoms with Gasteiger partial charge in [0.1, 0.15) is 18.2 Å². The topological polar surface area (TPSA) is 136 Å². The van der Waals surface area contributed by atoms with Crippen LogP contribution in [0.5, 0.6) is 0 Å². The van der Waals surface area contributed by atoms with Gasteiger partial charge >= 0.3 is 13.3 Å². The first-order chi connectivity index (χ1) is 21.6. The number of halogens is 2. The van der Waals surface area contributed by atoms with Crippen molar-refractivity contribution in [2.75, 3.05) is 26.2 Å². The Bertz CT molecular complexity index is 1670. The number of nitrogens with zero attached hydrogens (tertiary/aromatic N) is 2. The lowest BCUT2D eigenvalue weighted by atomic mass is 9.85. The van der Waals surface area contributed by atoms with Crippen LogP contribution in [-0.2, 0) is 24.6 Å². The average molecular weight is 658 g/mol. The van der Waals surface area contributed by atoms with Crippen molar-refractivity contribution in [3.05, 3.63) is 83.4 Å². The van der Waals surface area contributed by atoms with E-state index in [4.69, 9.17) is 14.5 Å². The molecule has 3 atom stereocenters. The molecule has 13 heteroatoms. The van der Waals surface area contributed by atoms with Gasteiger partial charge in [0.25, 0.3) is 5.91 Å². The van der Waals surface area contributed by atoms with Crippen LogP contribution in [0, 0.1) is 5.41 Å². The monoisotopic (exact) mass is 657 g/mol. The van der Waals surface area contributed by atoms with E-state index in [9.17, 15) is 27.7 Å². The second kappa shape index (κ2) is 12.8. The number of carbonyl (C=O) groups is 3. The number of amides is 3. The van der Waals surface area contributed by atoms with Crippen molar-refractivity contribution in [1.29, 1.82) is 0 Å². The SMILES string of the molecule is CC(C)(C)C(NC(=O)c1ccc2cc(C(F)(F)P(=O)(O)O)ccc2c1)C(=O)N1CCC[C@H]1C(=O)N1CCO[C@@H](c2ccccc2)C1. The summed E-state index contributed by atoms with van der Waals surface area (Å²) in [6.07, 6.45) is 0.894. The number of fused-ring (bicyclic) bond motifs is 1. The quantitative estimate of drug-likeness (QED) is 0.311. The predicted octanol–water partition coefficient (Wildman–Crippen LogP) is 4.80. The summed E-state index contributed by atoms with van der Waals surface area (Å²) >= 11 is 0. The van der Waals surface area contributed by atoms with Crippen LogP contribution in [0.25, 0.3) is 10.8 Å². The predicted molar refractivity (Wildman–Crippen MR) is 167 cm³/mol. The van der Waals surface area contributed by atoms with Crippen molar-refractivity contribution in [3.8, 4) is 0 Å². The van der Waals surface area contributed by atoms with Gasteiger partial charge in [0.05, 0.1) is 13.2 Å². The molecule has 10 nitrogen and oxygen atoms in total. The van der Waals surface area contributed by atoms with Gasteiger partial charge in [-0.05, 0) is 52.8 Å². The largest absolute Gasteiger partial charge is 0.399 e. The molecule has 246 valence electrons. The molecule has 5 rings (SSSR count). The van der Waals surface area contributed by atoms with Crippen LogP contribution >= 0.6 is 7.60 Å². The minimum Gasteiger partial charge on any atom is -0.370 e. The van der Waals surface area contributed by atoms with E-state index in [0.29, 0.717) is 44.5 Å². The van der Waals surface area contributed by atoms with Crippen LogP contribution in [-0.4, -0.2) is 75.6 Å². The molecule has 0 bridgehead atoms. The van der Waals surface area contributed by atoms with E-state index in [0.717, 1.165) is 17.7 Å². The summed E-state index contributed by atoms with van der Waals surface area (Å²) in [7, 11) is -5.74. The lowest BCUT2D eigenvalue weighted by Crippen LogP contribution is -2.58. The molecule has 2 heterocycles. The van der Waals surface area contributed by atoms with Gasteiger partial charge in [-0.1, -0.05) is 69.3 Å². The number of rotatable bonds is 7. The summed E-state index contributed by atoms with van der Waals surface area (Å²) in [4.78, 5) is 62.8. The third-order valence-corrected chi connectivity index (χ3v) is 9.56. The number of benzene rings is 3. The first-order valence-corrected chi connectivity index (χ1v) is 16.7. The summed E-state index contributed by atoms with van der Waals surface area (Å²) in [5.74, 6) is -1.08. The van der Waals surface area contributed by atoms with Crippen molar-refractivity contribution in [2.45, 2.75) is 57.5 Å². The maximum atomic E-state index is 14.2. The molecular formula is C33H38F2N3O7P. The molecule has 2 aliphatic heterocycles. The number of hydrogen-bond acceptors (Lipinski definition) is 5. The zero-order valence-electron chi connectivity index (χ0n) is 25.9. The van der Waals surface area contributed by atoms with Crippen molar-refractivity contribution in [2.24, 2.45) is 5.41 Å². The average Bonchev–Trinajstić information content (AvgIpc) is 3.52. The van der Waals surface area contributed by atoms with Crippen LogP contribution < -0.4 is 5.32 Å². The first kappa shape index (κ1) is 33.7. The summed E-state index contributed by atoms with van der Waals surface area (Å²) < 4.78 is 45.7. The zero-order valence-corrected chi connectivity index (χ0v) is 26.8. The zero-order chi connectivity index (χ0) is 33.4. The van der Waals surface area contributed by atoms with Gasteiger partial charge in [-0.3, -0.25) is 18.9 Å². The molecule has 3 amide bonds. The third-order valence-electron chi connectivity index (χ3n) is 8.57. The van der Waals surface area contributed by atoms with E-state index >= 15 is 0 Å². The van der Waals surface area contributed by atoms with E-state index in [1.807, 2.05) is 51.1 Å². The van der Waals surface area contributed by atoms with Crippen molar-refractivity contribution in [1.82, 2.24) is 15.1 Å². The van der Waals surface area contributed by atoms with Crippen LogP contribution in [0.3, 0.4) is 0 Å². The van der Waals surface area contributed by atoms with Gasteiger partial charge < -0.3 is 29.6 Å². The summed E-state index contributed by atoms with van der Waals surface area (Å²) in [5, 5.41) is 3.48. The van der Waals surface area contributed by atoms with Crippen LogP contribution in [0.2, 0.25) is 0 Å². The third kappa shape index (κ3) is 6.85. The van der Waals surface area contributed by atoms with E-state index in [-0.39, 0.29) is 28.9 Å². The Morgan fingerprint density at radius 3 is 2.33 bits per heavy atom. The van der Waals surface area contributed by atoms with Crippen molar-refractivity contribution in [3.63, 3.8) is 0 Å². The molecule has 0 saturated carbocycles. The molecule has 0 aromatic heterocycles. The van der Waals surface area contributed by atoms with E-state index in [1.165, 1.54) is 24.3 Å². The minimum atomic E-state index is -5.74. The highest BCUT2D eigenvalue weighted by Crippen LogP contribution is 2.59. The number of likely N-dealkylation sites (tertiary alicyclic amines) is 1. The number of ether oxygens (including phenoxy) is 1. The summed E-state index contributed by atoms with van der Waals surface area (Å²) in [6, 6.07) is 15.4. The lowest BCUT2D eigenvalue weighted by Gasteiger charge is -2.38. The number of alkyl halides is 2. The van der Waals surface area contributed by atoms with E-state index in [2.05, 4.69) is 5.32 Å². The molecule has 2 aliphatic rings. The van der Waals surface area contributed by atoms with Gasteiger partial charge in [-0.25, -0.2) is 0 Å². The molecule has 3 aromatic carbocycles. The Hall–Kier alpha value is -3.70. The smallest absolute Gasteiger partial charge is 0.370 e. The van der Waals surface area contributed by atoms with Crippen LogP contribution in [0.15, 0.2) is 66.7 Å². The maximum absolute atomic E-state index is 14.2. The number of nitrogens with one attached hydrogen (secondary N) is 1. The van der Waals surface area contributed by atoms with Gasteiger partial charge in [-0.15, -0.1) is 0 Å². The standard InChI is InChI=1S/C33H38F2N3O7P/c1-32(2,3)28(36-29(39)24-12-11-23-19-25(14-13-22(23)18-24)33(34,35)46(42,43)44)31(41)38-15-7-10-26(38)30(40)37-16-17-45-27(20-37)21-8-5-4-6-9-21/h4-6,8-9,11-14,18-19,26-28H,7,10,15-17,20H2,1-3H3,(H,36,39)(H2,42,43,44)/t26-,27+,28?/m0/s1. The summed E-state index contributed by atoms with van der Waals surface area (Å²) in [5.41, 5.74) is -4.79. The minimum absolute atomic E-state index is 0.146. The van der Waals surface area contributed by atoms with E-state index < -0.39 is 42.2 Å². The second-order valence-electron chi connectivity index (χ2n) is 12.9. The Morgan fingerprint density at radius 1 is 0.978 bits per heavy atom. The molecule has 3 aromatic rings. The summed E-state index contributed by atoms with van der Waals surface area (Å²) in [6.45, 7) is 7.00. The molecule has 0 spiro atoms. The van der Waals surface area contributed by atoms with Gasteiger partial charge in [-0.2, -0.15) is 8.78 Å². The molecular weight excluding hydrogens is 619 g/mol. The van der Waals surface area contributed by atoms with Gasteiger partial charge in [0.2, 0.25) is 11.8 Å². The Kier molecular flexibility index (Phi) is 9.39. The highest BCUT2D eigenvalue weighted by atomic mass is 31.2. The normalized spacial score (nSPS) is 20.1. The maximum Gasteiger partial charge on any atom is 0.399 e. The Balaban J connectivity index is 1.32. The molecule has 46 heavy (non-hydrogen) atoms. The van der Waals surface area contributed by atoms with Crippen LogP contribution in [0.1, 0.15) is 61.2 Å². The fraction of sp³-hybridized carbons (Fsp3) is 0.424. The van der Waals surface area contributed by atoms with Gasteiger partial charge in [0, 0.05) is 24.2 Å². The second-order valence-corrected chi connectivity index (χ2v) is 14.5. The number of morpholine rings is 1. The number of hydrogen-bond donors (Lipinski definition) is 3. The lowest BCUT2D eigenvalue weighted by molar-refractivity contribution is -0.150. The molecule has 0 radical (unpaired) electrons. The first-order valence-electron chi connectivity index (χ1n) is 15.1. The molecule has 2 fully saturated rings. The van der Waals surface area contributed by atoms with Crippen molar-refractivity contribution >= 4 is 36.1 Å². The van der Waals surface area contributed by atoms with E-state index in [1.54, 1.807) is 9.80 Å². The molecule has 2 saturated heterocycles. The molecule has 1 unspecified atom stereocenters. The Morgan fingerprint density at radius 2 is 1.65 bits per heavy atom. The molecule has 3 N–H and O–H groups in total. The van der Waals surface area contributed by atoms with Crippen molar-refractivity contribution < 1.29 is 42.3 Å². The highest BCUT2D eigenvalue weighted by molar-refractivity contribution is 7.52. The Labute approximate surface area is 265 Å². The number of carbonyl (C=O) groups excluding carboxylic acids is 3. The fourth-order valence-corrected chi connectivity index (χ4v) is 6.46. The highest BCUT2D eigenvalue weighted by Gasteiger charge is 2.50.